The lowest BCUT2D eigenvalue weighted by Gasteiger charge is -2.11. The molecule has 4 aromatic rings. The Balaban J connectivity index is 1.46. The van der Waals surface area contributed by atoms with E-state index < -0.39 is 0 Å². The predicted octanol–water partition coefficient (Wildman–Crippen LogP) is 2.89. The lowest BCUT2D eigenvalue weighted by atomic mass is 10.2. The van der Waals surface area contributed by atoms with Crippen molar-refractivity contribution >= 4 is 23.4 Å². The average Bonchev–Trinajstić information content (AvgIpc) is 3.39. The van der Waals surface area contributed by atoms with Crippen molar-refractivity contribution in [2.45, 2.75) is 12.1 Å². The van der Waals surface area contributed by atoms with Gasteiger partial charge in [-0.05, 0) is 30.7 Å². The molecule has 3 aromatic heterocycles. The Kier molecular flexibility index (Phi) is 5.16. The molecule has 0 unspecified atom stereocenters. The molecule has 0 aliphatic rings. The van der Waals surface area contributed by atoms with Crippen molar-refractivity contribution in [3.63, 3.8) is 0 Å². The number of para-hydroxylation sites is 1. The molecule has 1 N–H and O–H groups in total. The molecule has 0 bridgehead atoms. The Hall–Kier alpha value is -3.46. The van der Waals surface area contributed by atoms with Gasteiger partial charge in [0.1, 0.15) is 12.7 Å². The molecular weight excluding hydrogens is 374 g/mol. The van der Waals surface area contributed by atoms with E-state index in [2.05, 4.69) is 25.4 Å². The second-order valence-electron chi connectivity index (χ2n) is 5.92. The van der Waals surface area contributed by atoms with Gasteiger partial charge in [-0.15, -0.1) is 0 Å². The van der Waals surface area contributed by atoms with E-state index in [0.29, 0.717) is 11.5 Å². The summed E-state index contributed by atoms with van der Waals surface area (Å²) in [4.78, 5) is 25.1. The molecule has 1 aromatic carbocycles. The maximum absolute atomic E-state index is 12.5. The number of carbonyl (C=O) groups excluding carboxylic acids is 1. The third kappa shape index (κ3) is 3.79. The topological polar surface area (TPSA) is 90.5 Å². The fourth-order valence-corrected chi connectivity index (χ4v) is 3.49. The van der Waals surface area contributed by atoms with Gasteiger partial charge in [-0.25, -0.2) is 19.6 Å². The number of aryl methyl sites for hydroxylation is 1. The summed E-state index contributed by atoms with van der Waals surface area (Å²) in [6, 6.07) is 11.6. The fraction of sp³-hybridized carbons (Fsp3) is 0.105. The molecule has 0 atom stereocenters. The number of hydrogen-bond acceptors (Lipinski definition) is 6. The number of imidazole rings is 1. The van der Waals surface area contributed by atoms with Crippen LogP contribution in [0, 0.1) is 6.92 Å². The van der Waals surface area contributed by atoms with Crippen LogP contribution in [0.2, 0.25) is 0 Å². The zero-order chi connectivity index (χ0) is 19.3. The number of nitrogens with one attached hydrogen (secondary N) is 1. The highest BCUT2D eigenvalue weighted by molar-refractivity contribution is 7.99. The number of anilines is 1. The molecule has 0 aliphatic heterocycles. The van der Waals surface area contributed by atoms with Gasteiger partial charge in [0, 0.05) is 18.6 Å². The summed E-state index contributed by atoms with van der Waals surface area (Å²) in [6.45, 7) is 2.05. The van der Waals surface area contributed by atoms with E-state index in [4.69, 9.17) is 0 Å². The highest BCUT2D eigenvalue weighted by atomic mass is 32.2. The molecule has 28 heavy (non-hydrogen) atoms. The first-order valence-corrected chi connectivity index (χ1v) is 9.53. The van der Waals surface area contributed by atoms with Crippen LogP contribution in [-0.2, 0) is 4.79 Å². The summed E-state index contributed by atoms with van der Waals surface area (Å²) >= 11 is 1.37. The van der Waals surface area contributed by atoms with E-state index >= 15 is 0 Å². The van der Waals surface area contributed by atoms with Crippen molar-refractivity contribution < 1.29 is 4.79 Å². The Morgan fingerprint density at radius 3 is 2.86 bits per heavy atom. The summed E-state index contributed by atoms with van der Waals surface area (Å²) in [6.07, 6.45) is 8.22. The zero-order valence-electron chi connectivity index (χ0n) is 15.1. The van der Waals surface area contributed by atoms with E-state index in [0.717, 1.165) is 16.4 Å². The van der Waals surface area contributed by atoms with E-state index in [9.17, 15) is 4.79 Å². The minimum atomic E-state index is -0.154. The van der Waals surface area contributed by atoms with Gasteiger partial charge < -0.3 is 5.32 Å². The number of carbonyl (C=O) groups is 1. The Morgan fingerprint density at radius 1 is 1.14 bits per heavy atom. The number of amides is 1. The lowest BCUT2D eigenvalue weighted by molar-refractivity contribution is -0.113. The molecule has 0 fully saturated rings. The number of aromatic nitrogens is 6. The van der Waals surface area contributed by atoms with Crippen LogP contribution in [0.1, 0.15) is 5.56 Å². The first-order chi connectivity index (χ1) is 13.7. The summed E-state index contributed by atoms with van der Waals surface area (Å²) < 4.78 is 3.49. The van der Waals surface area contributed by atoms with Crippen LogP contribution in [-0.4, -0.2) is 41.0 Å². The van der Waals surface area contributed by atoms with Gasteiger partial charge in [-0.1, -0.05) is 30.0 Å². The Morgan fingerprint density at radius 2 is 2.04 bits per heavy atom. The maximum Gasteiger partial charge on any atom is 0.234 e. The lowest BCUT2D eigenvalue weighted by Crippen LogP contribution is -2.17. The van der Waals surface area contributed by atoms with Gasteiger partial charge >= 0.3 is 0 Å². The molecule has 4 rings (SSSR count). The van der Waals surface area contributed by atoms with Crippen molar-refractivity contribution in [1.29, 1.82) is 0 Å². The molecule has 0 spiro atoms. The Labute approximate surface area is 165 Å². The molecule has 0 aliphatic carbocycles. The molecular formula is C19H17N7OS. The van der Waals surface area contributed by atoms with Crippen molar-refractivity contribution in [2.24, 2.45) is 0 Å². The predicted molar refractivity (Wildman–Crippen MR) is 107 cm³/mol. The second-order valence-corrected chi connectivity index (χ2v) is 6.86. The first-order valence-electron chi connectivity index (χ1n) is 8.54. The summed E-state index contributed by atoms with van der Waals surface area (Å²) in [5.74, 6) is 0.577. The van der Waals surface area contributed by atoms with E-state index in [1.54, 1.807) is 24.5 Å². The van der Waals surface area contributed by atoms with Crippen molar-refractivity contribution in [3.05, 3.63) is 73.2 Å². The van der Waals surface area contributed by atoms with E-state index in [1.807, 2.05) is 42.0 Å². The number of benzene rings is 1. The molecule has 8 nitrogen and oxygen atoms in total. The number of rotatable bonds is 6. The number of hydrogen-bond donors (Lipinski definition) is 1. The van der Waals surface area contributed by atoms with E-state index in [-0.39, 0.29) is 11.7 Å². The molecule has 9 heteroatoms. The minimum Gasteiger partial charge on any atom is -0.322 e. The fourth-order valence-electron chi connectivity index (χ4n) is 2.72. The van der Waals surface area contributed by atoms with Crippen LogP contribution in [0.3, 0.4) is 0 Å². The molecule has 0 saturated carbocycles. The first kappa shape index (κ1) is 17.9. The van der Waals surface area contributed by atoms with Crippen molar-refractivity contribution in [2.75, 3.05) is 11.1 Å². The maximum atomic E-state index is 12.5. The van der Waals surface area contributed by atoms with Crippen LogP contribution >= 0.6 is 11.8 Å². The summed E-state index contributed by atoms with van der Waals surface area (Å²) in [5.41, 5.74) is 2.75. The molecule has 0 radical (unpaired) electrons. The van der Waals surface area contributed by atoms with Crippen molar-refractivity contribution in [3.8, 4) is 11.5 Å². The smallest absolute Gasteiger partial charge is 0.234 e. The average molecular weight is 391 g/mol. The minimum absolute atomic E-state index is 0.154. The third-order valence-corrected chi connectivity index (χ3v) is 4.98. The van der Waals surface area contributed by atoms with Gasteiger partial charge in [-0.3, -0.25) is 9.36 Å². The summed E-state index contributed by atoms with van der Waals surface area (Å²) in [5, 5.41) is 7.71. The second kappa shape index (κ2) is 8.05. The quantitative estimate of drug-likeness (QED) is 0.508. The number of thioether (sulfide) groups is 1. The zero-order valence-corrected chi connectivity index (χ0v) is 15.9. The SMILES string of the molecule is Cc1ccccc1-n1ccnc1SCC(=O)Nc1cccnc1-n1cncn1. The van der Waals surface area contributed by atoms with Crippen LogP contribution in [0.4, 0.5) is 5.69 Å². The van der Waals surface area contributed by atoms with E-state index in [1.165, 1.54) is 29.1 Å². The van der Waals surface area contributed by atoms with Gasteiger partial charge in [0.05, 0.1) is 17.1 Å². The number of pyridine rings is 1. The van der Waals surface area contributed by atoms with Crippen LogP contribution < -0.4 is 5.32 Å². The molecule has 140 valence electrons. The highest BCUT2D eigenvalue weighted by Gasteiger charge is 2.13. The monoisotopic (exact) mass is 391 g/mol. The molecule has 0 saturated heterocycles. The Bertz CT molecular complexity index is 1090. The van der Waals surface area contributed by atoms with Crippen LogP contribution in [0.25, 0.3) is 11.5 Å². The third-order valence-electron chi connectivity index (χ3n) is 4.01. The normalized spacial score (nSPS) is 10.8. The van der Waals surface area contributed by atoms with Crippen LogP contribution in [0.5, 0.6) is 0 Å². The highest BCUT2D eigenvalue weighted by Crippen LogP contribution is 2.23. The largest absolute Gasteiger partial charge is 0.322 e. The van der Waals surface area contributed by atoms with Crippen molar-refractivity contribution in [1.82, 2.24) is 29.3 Å². The molecule has 3 heterocycles. The van der Waals surface area contributed by atoms with Gasteiger partial charge in [0.15, 0.2) is 11.0 Å². The molecule has 1 amide bonds. The number of nitrogens with zero attached hydrogens (tertiary/aromatic N) is 6. The van der Waals surface area contributed by atoms with Gasteiger partial charge in [0.2, 0.25) is 5.91 Å². The van der Waals surface area contributed by atoms with Crippen LogP contribution in [0.15, 0.2) is 72.8 Å². The standard InChI is InChI=1S/C19H17N7OS/c1-14-5-2-3-7-16(14)25-10-9-22-19(25)28-11-17(27)24-15-6-4-8-21-18(15)26-13-20-12-23-26/h2-10,12-13H,11H2,1H3,(H,24,27). The van der Waals surface area contributed by atoms with Gasteiger partial charge in [-0.2, -0.15) is 5.10 Å². The summed E-state index contributed by atoms with van der Waals surface area (Å²) in [7, 11) is 0. The van der Waals surface area contributed by atoms with Gasteiger partial charge in [0.25, 0.3) is 0 Å².